The summed E-state index contributed by atoms with van der Waals surface area (Å²) in [6.45, 7) is 4.70. The number of nitrogens with zero attached hydrogens (tertiary/aromatic N) is 3. The van der Waals surface area contributed by atoms with Crippen molar-refractivity contribution in [3.05, 3.63) is 44.0 Å². The van der Waals surface area contributed by atoms with Crippen molar-refractivity contribution >= 4 is 23.0 Å². The second-order valence-corrected chi connectivity index (χ2v) is 11.8. The predicted molar refractivity (Wildman–Crippen MR) is 132 cm³/mol. The molecule has 1 amide bonds. The van der Waals surface area contributed by atoms with Gasteiger partial charge in [0.1, 0.15) is 0 Å². The van der Waals surface area contributed by atoms with Crippen LogP contribution in [-0.4, -0.2) is 32.7 Å². The van der Waals surface area contributed by atoms with Crippen molar-refractivity contribution in [2.45, 2.75) is 77.7 Å². The fourth-order valence-electron chi connectivity index (χ4n) is 8.33. The van der Waals surface area contributed by atoms with Crippen molar-refractivity contribution in [1.82, 2.24) is 5.43 Å². The van der Waals surface area contributed by atoms with E-state index in [1.54, 1.807) is 0 Å². The second kappa shape index (κ2) is 8.90. The van der Waals surface area contributed by atoms with Gasteiger partial charge < -0.3 is 5.11 Å². The molecule has 4 aliphatic carbocycles. The zero-order chi connectivity index (χ0) is 25.8. The summed E-state index contributed by atoms with van der Waals surface area (Å²) in [5, 5.41) is 37.1. The molecule has 0 saturated heterocycles. The normalized spacial score (nSPS) is 38.5. The molecule has 194 valence electrons. The van der Waals surface area contributed by atoms with Crippen LogP contribution in [0.4, 0.5) is 11.4 Å². The van der Waals surface area contributed by atoms with Crippen molar-refractivity contribution in [3.8, 4) is 0 Å². The maximum atomic E-state index is 12.8. The van der Waals surface area contributed by atoms with Crippen molar-refractivity contribution < 1.29 is 19.7 Å². The summed E-state index contributed by atoms with van der Waals surface area (Å²) in [4.78, 5) is 33.6. The summed E-state index contributed by atoms with van der Waals surface area (Å²) in [7, 11) is 0. The van der Waals surface area contributed by atoms with E-state index in [1.807, 2.05) is 0 Å². The third kappa shape index (κ3) is 3.99. The van der Waals surface area contributed by atoms with Gasteiger partial charge in [-0.05, 0) is 86.9 Å². The Morgan fingerprint density at radius 3 is 2.36 bits per heavy atom. The molecule has 1 aromatic rings. The second-order valence-electron chi connectivity index (χ2n) is 11.8. The van der Waals surface area contributed by atoms with E-state index in [1.165, 1.54) is 6.42 Å². The average Bonchev–Trinajstić information content (AvgIpc) is 3.18. The molecular formula is C26H34N4O6. The number of benzene rings is 1. The molecule has 7 atom stereocenters. The molecule has 4 aliphatic rings. The SMILES string of the molecule is CC12CCC3C(CCC4CC(O)CCC43C)C1CC/C2=N\NC(=O)c1cc([N+](=O)[O-])cc([N+](=O)[O-])c1. The van der Waals surface area contributed by atoms with Crippen LogP contribution in [0.25, 0.3) is 0 Å². The number of nitro benzene ring substituents is 2. The highest BCUT2D eigenvalue weighted by molar-refractivity contribution is 5.98. The summed E-state index contributed by atoms with van der Waals surface area (Å²) in [5.41, 5.74) is 2.49. The van der Waals surface area contributed by atoms with Gasteiger partial charge in [-0.1, -0.05) is 13.8 Å². The van der Waals surface area contributed by atoms with E-state index < -0.39 is 27.1 Å². The quantitative estimate of drug-likeness (QED) is 0.441. The number of aliphatic hydroxyl groups is 1. The molecule has 10 nitrogen and oxygen atoms in total. The van der Waals surface area contributed by atoms with E-state index in [4.69, 9.17) is 0 Å². The minimum atomic E-state index is -0.751. The third-order valence-corrected chi connectivity index (χ3v) is 10.3. The molecular weight excluding hydrogens is 464 g/mol. The zero-order valence-corrected chi connectivity index (χ0v) is 20.8. The number of amides is 1. The van der Waals surface area contributed by atoms with Gasteiger partial charge in [-0.15, -0.1) is 0 Å². The minimum absolute atomic E-state index is 0.111. The lowest BCUT2D eigenvalue weighted by atomic mass is 9.45. The Morgan fingerprint density at radius 2 is 1.69 bits per heavy atom. The number of aliphatic hydroxyl groups excluding tert-OH is 1. The molecule has 5 rings (SSSR count). The largest absolute Gasteiger partial charge is 0.393 e. The van der Waals surface area contributed by atoms with Gasteiger partial charge in [0.25, 0.3) is 17.3 Å². The standard InChI is InChI=1S/C26H34N4O6/c1-25-9-7-19(31)13-16(25)3-4-20-21-5-6-23(26(21,2)10-8-22(20)25)27-28-24(32)15-11-17(29(33)34)14-18(12-15)30(35)36/h11-12,14,16,19-22,31H,3-10,13H2,1-2H3,(H,28,32)/b27-23+. The number of nitrogens with one attached hydrogen (secondary N) is 1. The monoisotopic (exact) mass is 498 g/mol. The van der Waals surface area contributed by atoms with Crippen molar-refractivity contribution in [2.24, 2.45) is 39.6 Å². The van der Waals surface area contributed by atoms with Crippen LogP contribution in [0.15, 0.2) is 23.3 Å². The number of carbonyl (C=O) groups is 1. The number of fused-ring (bicyclic) bond motifs is 5. The highest BCUT2D eigenvalue weighted by Crippen LogP contribution is 2.65. The molecule has 0 heterocycles. The third-order valence-electron chi connectivity index (χ3n) is 10.3. The Morgan fingerprint density at radius 1 is 1.00 bits per heavy atom. The van der Waals surface area contributed by atoms with Gasteiger partial charge in [-0.3, -0.25) is 25.0 Å². The van der Waals surface area contributed by atoms with Gasteiger partial charge >= 0.3 is 0 Å². The van der Waals surface area contributed by atoms with Gasteiger partial charge in [0.15, 0.2) is 0 Å². The molecule has 1 aromatic carbocycles. The first-order valence-corrected chi connectivity index (χ1v) is 13.0. The van der Waals surface area contributed by atoms with Gasteiger partial charge in [-0.25, -0.2) is 5.43 Å². The minimum Gasteiger partial charge on any atom is -0.393 e. The van der Waals surface area contributed by atoms with E-state index in [-0.39, 0.29) is 22.5 Å². The molecule has 2 N–H and O–H groups in total. The van der Waals surface area contributed by atoms with E-state index in [0.29, 0.717) is 23.7 Å². The Bertz CT molecular complexity index is 1110. The van der Waals surface area contributed by atoms with Crippen LogP contribution in [0.1, 0.15) is 82.0 Å². The summed E-state index contributed by atoms with van der Waals surface area (Å²) in [5.74, 6) is 1.67. The molecule has 0 radical (unpaired) electrons. The van der Waals surface area contributed by atoms with Gasteiger partial charge in [0.05, 0.1) is 27.6 Å². The van der Waals surface area contributed by atoms with Gasteiger partial charge in [-0.2, -0.15) is 5.10 Å². The summed E-state index contributed by atoms with van der Waals surface area (Å²) >= 11 is 0. The van der Waals surface area contributed by atoms with Crippen molar-refractivity contribution in [2.75, 3.05) is 0 Å². The van der Waals surface area contributed by atoms with Crippen molar-refractivity contribution in [1.29, 1.82) is 0 Å². The zero-order valence-electron chi connectivity index (χ0n) is 20.8. The molecule has 4 saturated carbocycles. The molecule has 10 heteroatoms. The fraction of sp³-hybridized carbons (Fsp3) is 0.692. The first-order chi connectivity index (χ1) is 17.0. The van der Waals surface area contributed by atoms with E-state index >= 15 is 0 Å². The number of nitro groups is 2. The fourth-order valence-corrected chi connectivity index (χ4v) is 8.33. The Balaban J connectivity index is 1.34. The van der Waals surface area contributed by atoms with Crippen molar-refractivity contribution in [3.63, 3.8) is 0 Å². The lowest BCUT2D eigenvalue weighted by Gasteiger charge is -2.60. The lowest BCUT2D eigenvalue weighted by Crippen LogP contribution is -2.54. The van der Waals surface area contributed by atoms with Crippen LogP contribution in [0.2, 0.25) is 0 Å². The molecule has 7 unspecified atom stereocenters. The molecule has 0 spiro atoms. The Kier molecular flexibility index (Phi) is 6.13. The van der Waals surface area contributed by atoms with Gasteiger partial charge in [0, 0.05) is 23.3 Å². The number of non-ortho nitro benzene ring substituents is 2. The molecule has 0 aliphatic heterocycles. The lowest BCUT2D eigenvalue weighted by molar-refractivity contribution is -0.394. The molecule has 4 fully saturated rings. The number of hydrazone groups is 1. The number of hydrogen-bond donors (Lipinski definition) is 2. The van der Waals surface area contributed by atoms with E-state index in [2.05, 4.69) is 24.4 Å². The van der Waals surface area contributed by atoms with Crippen LogP contribution >= 0.6 is 0 Å². The van der Waals surface area contributed by atoms with E-state index in [0.717, 1.165) is 75.3 Å². The first kappa shape index (κ1) is 24.8. The van der Waals surface area contributed by atoms with Gasteiger partial charge in [0.2, 0.25) is 0 Å². The summed E-state index contributed by atoms with van der Waals surface area (Å²) < 4.78 is 0. The van der Waals surface area contributed by atoms with Crippen LogP contribution in [-0.2, 0) is 0 Å². The smallest absolute Gasteiger partial charge is 0.277 e. The van der Waals surface area contributed by atoms with E-state index in [9.17, 15) is 30.1 Å². The highest BCUT2D eigenvalue weighted by atomic mass is 16.6. The topological polar surface area (TPSA) is 148 Å². The number of rotatable bonds is 4. The molecule has 36 heavy (non-hydrogen) atoms. The highest BCUT2D eigenvalue weighted by Gasteiger charge is 2.59. The van der Waals surface area contributed by atoms with Crippen LogP contribution < -0.4 is 5.43 Å². The number of carbonyl (C=O) groups excluding carboxylic acids is 1. The molecule has 0 bridgehead atoms. The van der Waals surface area contributed by atoms with Crippen LogP contribution in [0.5, 0.6) is 0 Å². The summed E-state index contributed by atoms with van der Waals surface area (Å²) in [6.07, 6.45) is 9.03. The van der Waals surface area contributed by atoms with Crippen LogP contribution in [0.3, 0.4) is 0 Å². The molecule has 0 aromatic heterocycles. The first-order valence-electron chi connectivity index (χ1n) is 13.0. The van der Waals surface area contributed by atoms with Crippen LogP contribution in [0, 0.1) is 54.7 Å². The average molecular weight is 499 g/mol. The maximum Gasteiger partial charge on any atom is 0.277 e. The maximum absolute atomic E-state index is 12.8. The summed E-state index contributed by atoms with van der Waals surface area (Å²) in [6, 6.07) is 2.91. The number of hydrogen-bond acceptors (Lipinski definition) is 7. The Hall–Kier alpha value is -2.88. The Labute approximate surface area is 209 Å². The predicted octanol–water partition coefficient (Wildman–Crippen LogP) is 4.99.